The molecule has 0 unspecified atom stereocenters. The van der Waals surface area contributed by atoms with Gasteiger partial charge in [0, 0.05) is 29.8 Å². The maximum atomic E-state index is 8.94. The van der Waals surface area contributed by atoms with E-state index in [4.69, 9.17) is 10.8 Å². The van der Waals surface area contributed by atoms with Crippen LogP contribution in [0.3, 0.4) is 0 Å². The van der Waals surface area contributed by atoms with Gasteiger partial charge in [0.25, 0.3) is 0 Å². The van der Waals surface area contributed by atoms with E-state index in [0.29, 0.717) is 6.54 Å². The Morgan fingerprint density at radius 2 is 2.19 bits per heavy atom. The molecule has 3 nitrogen and oxygen atoms in total. The summed E-state index contributed by atoms with van der Waals surface area (Å²) in [6.07, 6.45) is 1.83. The van der Waals surface area contributed by atoms with Crippen LogP contribution < -0.4 is 5.73 Å². The third-order valence-corrected chi connectivity index (χ3v) is 2.65. The van der Waals surface area contributed by atoms with Gasteiger partial charge in [0.15, 0.2) is 0 Å². The fourth-order valence-corrected chi connectivity index (χ4v) is 2.14. The third kappa shape index (κ3) is 4.35. The van der Waals surface area contributed by atoms with E-state index in [0.717, 1.165) is 28.8 Å². The van der Waals surface area contributed by atoms with Gasteiger partial charge in [-0.25, -0.2) is 0 Å². The summed E-state index contributed by atoms with van der Waals surface area (Å²) in [4.78, 5) is 2.11. The van der Waals surface area contributed by atoms with Crippen molar-refractivity contribution in [2.75, 3.05) is 25.4 Å². The summed E-state index contributed by atoms with van der Waals surface area (Å²) in [5.41, 5.74) is 7.63. The quantitative estimate of drug-likeness (QED) is 0.621. The van der Waals surface area contributed by atoms with Gasteiger partial charge < -0.3 is 10.8 Å². The maximum absolute atomic E-state index is 8.94. The molecular formula is C12H17BrN2O. The summed E-state index contributed by atoms with van der Waals surface area (Å²) in [5, 5.41) is 8.94. The van der Waals surface area contributed by atoms with Crippen molar-refractivity contribution < 1.29 is 5.11 Å². The Balaban J connectivity index is 2.71. The first-order chi connectivity index (χ1) is 7.65. The number of nitrogens with two attached hydrogens (primary N) is 1. The largest absolute Gasteiger partial charge is 0.399 e. The Morgan fingerprint density at radius 3 is 2.75 bits per heavy atom. The lowest BCUT2D eigenvalue weighted by molar-refractivity contribution is 0.203. The number of nitrogens with zero attached hydrogens (tertiary/aromatic N) is 1. The van der Waals surface area contributed by atoms with Gasteiger partial charge in [-0.2, -0.15) is 0 Å². The standard InChI is InChI=1S/C12H17BrN2O/c1-2-3-15(4-5-16)9-10-6-11(13)8-12(14)7-10/h2,6-8,16H,1,3-5,9,14H2. The molecule has 1 aromatic carbocycles. The van der Waals surface area contributed by atoms with E-state index >= 15 is 0 Å². The monoisotopic (exact) mass is 284 g/mol. The molecule has 0 radical (unpaired) electrons. The van der Waals surface area contributed by atoms with Crippen LogP contribution in [0.4, 0.5) is 5.69 Å². The summed E-state index contributed by atoms with van der Waals surface area (Å²) < 4.78 is 0.977. The van der Waals surface area contributed by atoms with Gasteiger partial charge in [0.1, 0.15) is 0 Å². The lowest BCUT2D eigenvalue weighted by Gasteiger charge is -2.19. The predicted octanol–water partition coefficient (Wildman–Crippen LogP) is 2.01. The average Bonchev–Trinajstić information content (AvgIpc) is 2.16. The second-order valence-electron chi connectivity index (χ2n) is 3.64. The van der Waals surface area contributed by atoms with E-state index < -0.39 is 0 Å². The van der Waals surface area contributed by atoms with Crippen molar-refractivity contribution in [3.8, 4) is 0 Å². The predicted molar refractivity (Wildman–Crippen MR) is 71.1 cm³/mol. The molecule has 0 atom stereocenters. The smallest absolute Gasteiger partial charge is 0.0558 e. The highest BCUT2D eigenvalue weighted by atomic mass is 79.9. The molecule has 0 aliphatic rings. The Labute approximate surface area is 105 Å². The molecule has 1 aromatic rings. The molecule has 0 fully saturated rings. The zero-order valence-corrected chi connectivity index (χ0v) is 10.8. The van der Waals surface area contributed by atoms with Gasteiger partial charge in [0.2, 0.25) is 0 Å². The molecule has 0 amide bonds. The van der Waals surface area contributed by atoms with Crippen molar-refractivity contribution in [2.24, 2.45) is 0 Å². The van der Waals surface area contributed by atoms with Crippen LogP contribution in [0.2, 0.25) is 0 Å². The number of halogens is 1. The minimum absolute atomic E-state index is 0.150. The number of aliphatic hydroxyl groups is 1. The highest BCUT2D eigenvalue weighted by Crippen LogP contribution is 2.18. The number of anilines is 1. The molecule has 88 valence electrons. The van der Waals surface area contributed by atoms with Crippen LogP contribution in [0.1, 0.15) is 5.56 Å². The first-order valence-corrected chi connectivity index (χ1v) is 5.94. The van der Waals surface area contributed by atoms with E-state index in [9.17, 15) is 0 Å². The maximum Gasteiger partial charge on any atom is 0.0558 e. The van der Waals surface area contributed by atoms with Crippen molar-refractivity contribution in [3.05, 3.63) is 40.9 Å². The van der Waals surface area contributed by atoms with E-state index in [2.05, 4.69) is 27.4 Å². The molecule has 1 rings (SSSR count). The lowest BCUT2D eigenvalue weighted by Crippen LogP contribution is -2.26. The summed E-state index contributed by atoms with van der Waals surface area (Å²) in [5.74, 6) is 0. The highest BCUT2D eigenvalue weighted by Gasteiger charge is 2.04. The van der Waals surface area contributed by atoms with Crippen LogP contribution in [0.15, 0.2) is 35.3 Å². The Morgan fingerprint density at radius 1 is 1.44 bits per heavy atom. The van der Waals surface area contributed by atoms with Gasteiger partial charge in [-0.15, -0.1) is 6.58 Å². The summed E-state index contributed by atoms with van der Waals surface area (Å²) in [7, 11) is 0. The molecule has 16 heavy (non-hydrogen) atoms. The number of hydrogen-bond acceptors (Lipinski definition) is 3. The minimum atomic E-state index is 0.150. The van der Waals surface area contributed by atoms with Crippen molar-refractivity contribution in [3.63, 3.8) is 0 Å². The lowest BCUT2D eigenvalue weighted by atomic mass is 10.2. The fourth-order valence-electron chi connectivity index (χ4n) is 1.58. The third-order valence-electron chi connectivity index (χ3n) is 2.19. The van der Waals surface area contributed by atoms with E-state index in [-0.39, 0.29) is 6.61 Å². The van der Waals surface area contributed by atoms with Crippen molar-refractivity contribution >= 4 is 21.6 Å². The minimum Gasteiger partial charge on any atom is -0.399 e. The number of aliphatic hydroxyl groups excluding tert-OH is 1. The zero-order chi connectivity index (χ0) is 12.0. The zero-order valence-electron chi connectivity index (χ0n) is 9.19. The van der Waals surface area contributed by atoms with Gasteiger partial charge in [-0.3, -0.25) is 4.90 Å². The van der Waals surface area contributed by atoms with Gasteiger partial charge >= 0.3 is 0 Å². The van der Waals surface area contributed by atoms with Crippen LogP contribution in [0.5, 0.6) is 0 Å². The van der Waals surface area contributed by atoms with Crippen molar-refractivity contribution in [1.82, 2.24) is 4.90 Å². The molecule has 0 heterocycles. The normalized spacial score (nSPS) is 10.7. The Kier molecular flexibility index (Phi) is 5.52. The Hall–Kier alpha value is -0.840. The molecule has 0 saturated heterocycles. The van der Waals surface area contributed by atoms with E-state index in [1.165, 1.54) is 0 Å². The van der Waals surface area contributed by atoms with Crippen LogP contribution in [0.25, 0.3) is 0 Å². The first kappa shape index (κ1) is 13.2. The average molecular weight is 285 g/mol. The van der Waals surface area contributed by atoms with Gasteiger partial charge in [-0.05, 0) is 23.8 Å². The number of hydrogen-bond donors (Lipinski definition) is 2. The number of benzene rings is 1. The van der Waals surface area contributed by atoms with Crippen LogP contribution in [-0.2, 0) is 6.54 Å². The molecule has 0 aromatic heterocycles. The summed E-state index contributed by atoms with van der Waals surface area (Å²) >= 11 is 3.41. The van der Waals surface area contributed by atoms with Gasteiger partial charge in [0.05, 0.1) is 6.61 Å². The van der Waals surface area contributed by atoms with Crippen LogP contribution in [0, 0.1) is 0 Å². The van der Waals surface area contributed by atoms with Crippen LogP contribution >= 0.6 is 15.9 Å². The fraction of sp³-hybridized carbons (Fsp3) is 0.333. The van der Waals surface area contributed by atoms with Crippen LogP contribution in [-0.4, -0.2) is 29.7 Å². The van der Waals surface area contributed by atoms with Gasteiger partial charge in [-0.1, -0.05) is 22.0 Å². The molecular weight excluding hydrogens is 268 g/mol. The molecule has 3 N–H and O–H groups in total. The van der Waals surface area contributed by atoms with E-state index in [1.54, 1.807) is 0 Å². The number of nitrogen functional groups attached to an aromatic ring is 1. The molecule has 0 aliphatic heterocycles. The summed E-state index contributed by atoms with van der Waals surface area (Å²) in [6.45, 7) is 6.01. The van der Waals surface area contributed by atoms with E-state index in [1.807, 2.05) is 24.3 Å². The first-order valence-electron chi connectivity index (χ1n) is 5.14. The van der Waals surface area contributed by atoms with Crippen molar-refractivity contribution in [2.45, 2.75) is 6.54 Å². The summed E-state index contributed by atoms with van der Waals surface area (Å²) in [6, 6.07) is 5.84. The molecule has 0 saturated carbocycles. The molecule has 0 spiro atoms. The molecule has 0 bridgehead atoms. The SMILES string of the molecule is C=CCN(CCO)Cc1cc(N)cc(Br)c1. The topological polar surface area (TPSA) is 49.5 Å². The second kappa shape index (κ2) is 6.68. The Bertz CT molecular complexity index is 335. The second-order valence-corrected chi connectivity index (χ2v) is 4.56. The molecule has 0 aliphatic carbocycles. The highest BCUT2D eigenvalue weighted by molar-refractivity contribution is 9.10. The van der Waals surface area contributed by atoms with Crippen molar-refractivity contribution in [1.29, 1.82) is 0 Å². The number of rotatable bonds is 6. The molecule has 4 heteroatoms.